The van der Waals surface area contributed by atoms with Crippen molar-refractivity contribution in [3.05, 3.63) is 87.8 Å². The predicted octanol–water partition coefficient (Wildman–Crippen LogP) is 7.03. The number of rotatable bonds is 11. The van der Waals surface area contributed by atoms with Crippen molar-refractivity contribution in [3.63, 3.8) is 0 Å². The molecule has 2 aliphatic rings. The third-order valence-electron chi connectivity index (χ3n) is 7.88. The van der Waals surface area contributed by atoms with Gasteiger partial charge >= 0.3 is 18.3 Å². The van der Waals surface area contributed by atoms with Gasteiger partial charge in [0.15, 0.2) is 0 Å². The molecule has 0 spiro atoms. The largest absolute Gasteiger partial charge is 0.492 e. The van der Waals surface area contributed by atoms with E-state index < -0.39 is 46.8 Å². The van der Waals surface area contributed by atoms with Gasteiger partial charge in [0.1, 0.15) is 16.7 Å². The zero-order valence-corrected chi connectivity index (χ0v) is 28.1. The van der Waals surface area contributed by atoms with Crippen molar-refractivity contribution in [2.45, 2.75) is 18.8 Å². The van der Waals surface area contributed by atoms with E-state index in [1.165, 1.54) is 53.4 Å². The van der Waals surface area contributed by atoms with Crippen LogP contribution in [0.1, 0.15) is 33.5 Å². The van der Waals surface area contributed by atoms with Crippen LogP contribution in [0.15, 0.2) is 65.6 Å². The lowest BCUT2D eigenvalue weighted by Crippen LogP contribution is -2.38. The summed E-state index contributed by atoms with van der Waals surface area (Å²) in [5.41, 5.74) is -2.92. The molecule has 2 fully saturated rings. The Bertz CT molecular complexity index is 1840. The van der Waals surface area contributed by atoms with E-state index >= 15 is 0 Å². The highest BCUT2D eigenvalue weighted by atomic mass is 32.2. The molecule has 270 valence electrons. The van der Waals surface area contributed by atoms with E-state index in [9.17, 15) is 40.7 Å². The number of hydrogen-bond acceptors (Lipinski definition) is 8. The molecule has 17 heteroatoms. The van der Waals surface area contributed by atoms with Gasteiger partial charge in [0.2, 0.25) is 5.91 Å². The summed E-state index contributed by atoms with van der Waals surface area (Å²) in [7, 11) is 0. The number of aromatic carboxylic acids is 1. The van der Waals surface area contributed by atoms with Gasteiger partial charge in [-0.2, -0.15) is 26.3 Å². The molecule has 0 saturated carbocycles. The van der Waals surface area contributed by atoms with E-state index in [1.54, 1.807) is 0 Å². The van der Waals surface area contributed by atoms with Crippen molar-refractivity contribution < 1.29 is 55.3 Å². The van der Waals surface area contributed by atoms with E-state index in [4.69, 9.17) is 26.8 Å². The first-order valence-corrected chi connectivity index (χ1v) is 16.6. The Kier molecular flexibility index (Phi) is 11.7. The number of thioether (sulfide) groups is 1. The smallest absolute Gasteiger partial charge is 0.417 e. The summed E-state index contributed by atoms with van der Waals surface area (Å²) < 4.78 is 93.6. The fourth-order valence-corrected chi connectivity index (χ4v) is 6.54. The van der Waals surface area contributed by atoms with Gasteiger partial charge in [0.05, 0.1) is 34.8 Å². The highest BCUT2D eigenvalue weighted by Gasteiger charge is 2.38. The second kappa shape index (κ2) is 15.8. The number of anilines is 1. The monoisotopic (exact) mass is 753 g/mol. The van der Waals surface area contributed by atoms with Gasteiger partial charge in [-0.05, 0) is 65.7 Å². The lowest BCUT2D eigenvalue weighted by atomic mass is 9.95. The van der Waals surface area contributed by atoms with Gasteiger partial charge in [0.25, 0.3) is 5.91 Å². The minimum Gasteiger partial charge on any atom is -0.492 e. The number of carbonyl (C=O) groups is 3. The average Bonchev–Trinajstić information content (AvgIpc) is 3.34. The first-order chi connectivity index (χ1) is 24.1. The third kappa shape index (κ3) is 9.66. The predicted molar refractivity (Wildman–Crippen MR) is 181 cm³/mol. The SMILES string of the molecule is O=C(CCN1C(=O)/C(=C/c2cc(-c3ccc(C(F)(F)F)cc3C(F)(F)F)ccc2OCCN2CCOCC2)SC1=S)Nc1ccc(C(=O)O)cc1. The molecule has 5 rings (SSSR count). The molecule has 9 nitrogen and oxygen atoms in total. The number of thiocarbonyl (C=S) groups is 1. The Morgan fingerprint density at radius 3 is 2.31 bits per heavy atom. The maximum absolute atomic E-state index is 14.1. The number of carboxylic acid groups (broad SMARTS) is 1. The Balaban J connectivity index is 1.39. The van der Waals surface area contributed by atoms with E-state index in [0.717, 1.165) is 17.8 Å². The van der Waals surface area contributed by atoms with Crippen molar-refractivity contribution in [2.75, 3.05) is 51.3 Å². The Morgan fingerprint density at radius 2 is 1.67 bits per heavy atom. The molecular formula is C34H29F6N3O6S2. The summed E-state index contributed by atoms with van der Waals surface area (Å²) >= 11 is 6.29. The van der Waals surface area contributed by atoms with Crippen molar-refractivity contribution in [1.29, 1.82) is 0 Å². The van der Waals surface area contributed by atoms with Crippen LogP contribution in [0.4, 0.5) is 32.0 Å². The first-order valence-electron chi connectivity index (χ1n) is 15.3. The summed E-state index contributed by atoms with van der Waals surface area (Å²) in [6.07, 6.45) is -8.89. The number of benzene rings is 3. The minimum atomic E-state index is -5.11. The van der Waals surface area contributed by atoms with Gasteiger partial charge in [0, 0.05) is 43.9 Å². The van der Waals surface area contributed by atoms with Gasteiger partial charge in [-0.3, -0.25) is 19.4 Å². The number of carboxylic acids is 1. The molecule has 2 N–H and O–H groups in total. The number of hydrogen-bond donors (Lipinski definition) is 2. The quantitative estimate of drug-likeness (QED) is 0.121. The zero-order valence-electron chi connectivity index (χ0n) is 26.5. The number of alkyl halides is 6. The number of ether oxygens (including phenoxy) is 2. The van der Waals surface area contributed by atoms with Crippen molar-refractivity contribution >= 4 is 57.8 Å². The van der Waals surface area contributed by atoms with E-state index in [0.29, 0.717) is 44.6 Å². The maximum Gasteiger partial charge on any atom is 0.417 e. The van der Waals surface area contributed by atoms with Crippen molar-refractivity contribution in [2.24, 2.45) is 0 Å². The van der Waals surface area contributed by atoms with Gasteiger partial charge in [-0.15, -0.1) is 0 Å². The molecule has 2 amide bonds. The molecule has 0 unspecified atom stereocenters. The second-order valence-electron chi connectivity index (χ2n) is 11.3. The molecule has 0 radical (unpaired) electrons. The molecule has 0 bridgehead atoms. The second-order valence-corrected chi connectivity index (χ2v) is 13.0. The molecule has 2 aliphatic heterocycles. The van der Waals surface area contributed by atoms with Crippen LogP contribution in [-0.4, -0.2) is 83.0 Å². The number of nitrogens with zero attached hydrogens (tertiary/aromatic N) is 2. The van der Waals surface area contributed by atoms with Crippen LogP contribution in [0.3, 0.4) is 0 Å². The summed E-state index contributed by atoms with van der Waals surface area (Å²) in [6.45, 7) is 3.06. The maximum atomic E-state index is 14.1. The van der Waals surface area contributed by atoms with Crippen molar-refractivity contribution in [3.8, 4) is 16.9 Å². The first kappa shape index (κ1) is 37.8. The summed E-state index contributed by atoms with van der Waals surface area (Å²) in [5.74, 6) is -1.96. The summed E-state index contributed by atoms with van der Waals surface area (Å²) in [5, 5.41) is 11.6. The van der Waals surface area contributed by atoms with E-state index in [-0.39, 0.29) is 57.3 Å². The van der Waals surface area contributed by atoms with Crippen LogP contribution in [0.25, 0.3) is 17.2 Å². The molecule has 2 saturated heterocycles. The summed E-state index contributed by atoms with van der Waals surface area (Å²) in [4.78, 5) is 40.5. The number of nitrogens with one attached hydrogen (secondary N) is 1. The minimum absolute atomic E-state index is 0.0358. The van der Waals surface area contributed by atoms with Gasteiger partial charge < -0.3 is 19.9 Å². The molecule has 0 aliphatic carbocycles. The van der Waals surface area contributed by atoms with E-state index in [2.05, 4.69) is 10.2 Å². The Morgan fingerprint density at radius 1 is 0.961 bits per heavy atom. The summed E-state index contributed by atoms with van der Waals surface area (Å²) in [6, 6.07) is 10.9. The Hall–Kier alpha value is -4.45. The number of amides is 2. The number of morpholine rings is 1. The number of carbonyl (C=O) groups excluding carboxylic acids is 2. The van der Waals surface area contributed by atoms with E-state index in [1.807, 2.05) is 0 Å². The van der Waals surface area contributed by atoms with Crippen molar-refractivity contribution in [1.82, 2.24) is 9.80 Å². The highest BCUT2D eigenvalue weighted by molar-refractivity contribution is 8.26. The Labute approximate surface area is 297 Å². The van der Waals surface area contributed by atoms with Crippen LogP contribution >= 0.6 is 24.0 Å². The van der Waals surface area contributed by atoms with Crippen LogP contribution in [0.2, 0.25) is 0 Å². The molecule has 3 aromatic carbocycles. The van der Waals surface area contributed by atoms with Crippen LogP contribution < -0.4 is 10.1 Å². The van der Waals surface area contributed by atoms with Crippen LogP contribution in [0.5, 0.6) is 5.75 Å². The molecule has 0 atom stereocenters. The normalized spacial score (nSPS) is 16.5. The average molecular weight is 754 g/mol. The fourth-order valence-electron chi connectivity index (χ4n) is 5.24. The van der Waals surface area contributed by atoms with Crippen LogP contribution in [-0.2, 0) is 26.7 Å². The van der Waals surface area contributed by atoms with Crippen LogP contribution in [0, 0.1) is 0 Å². The van der Waals surface area contributed by atoms with Gasteiger partial charge in [-0.25, -0.2) is 4.79 Å². The fraction of sp³-hybridized carbons (Fsp3) is 0.294. The standard InChI is InChI=1S/C34H29F6N3O6S2/c35-33(36,37)23-4-7-25(26(19-23)34(38,39)40)21-3-8-27(49-16-13-42-11-14-48-15-12-42)22(17-21)18-28-30(45)43(32(50)51-28)10-9-29(44)41-24-5-1-20(2-6-24)31(46)47/h1-8,17-19H,9-16H2,(H,41,44)(H,46,47)/b28-18-. The molecule has 0 aromatic heterocycles. The topological polar surface area (TPSA) is 108 Å². The third-order valence-corrected chi connectivity index (χ3v) is 9.26. The molecular weight excluding hydrogens is 725 g/mol. The molecule has 3 aromatic rings. The van der Waals surface area contributed by atoms with Gasteiger partial charge in [-0.1, -0.05) is 36.1 Å². The molecule has 2 heterocycles. The zero-order chi connectivity index (χ0) is 36.9. The lowest BCUT2D eigenvalue weighted by Gasteiger charge is -2.26. The molecule has 51 heavy (non-hydrogen) atoms. The highest BCUT2D eigenvalue weighted by Crippen LogP contribution is 2.42. The lowest BCUT2D eigenvalue weighted by molar-refractivity contribution is -0.142. The number of halogens is 6.